The minimum atomic E-state index is -0.828. The molecular formula is C18H20N2O6. The molecule has 26 heavy (non-hydrogen) atoms. The standard InChI is InChI=1S/C18H20N2O6/c1-10-8-13(19-2)16(18(22)26-4)15(14(10)17(21)25-3)11-6-5-7-12(9-11)20(23)24/h5-7,9,15,19H,8H2,1-4H3. The minimum Gasteiger partial charge on any atom is -0.466 e. The predicted molar refractivity (Wildman–Crippen MR) is 93.3 cm³/mol. The van der Waals surface area contributed by atoms with E-state index < -0.39 is 22.8 Å². The van der Waals surface area contributed by atoms with Gasteiger partial charge in [0.2, 0.25) is 0 Å². The van der Waals surface area contributed by atoms with Gasteiger partial charge in [-0.2, -0.15) is 0 Å². The van der Waals surface area contributed by atoms with Crippen LogP contribution in [0.25, 0.3) is 0 Å². The molecule has 0 amide bonds. The van der Waals surface area contributed by atoms with Crippen LogP contribution in [-0.4, -0.2) is 38.1 Å². The molecule has 0 saturated carbocycles. The largest absolute Gasteiger partial charge is 0.466 e. The normalized spacial score (nSPS) is 17.0. The topological polar surface area (TPSA) is 108 Å². The smallest absolute Gasteiger partial charge is 0.336 e. The Hall–Kier alpha value is -3.16. The number of rotatable bonds is 5. The summed E-state index contributed by atoms with van der Waals surface area (Å²) in [7, 11) is 4.16. The highest BCUT2D eigenvalue weighted by Crippen LogP contribution is 2.42. The maximum absolute atomic E-state index is 12.5. The zero-order valence-electron chi connectivity index (χ0n) is 15.0. The lowest BCUT2D eigenvalue weighted by atomic mass is 9.76. The van der Waals surface area contributed by atoms with Gasteiger partial charge in [0.15, 0.2) is 0 Å². The number of nitro groups is 1. The maximum atomic E-state index is 12.5. The zero-order chi connectivity index (χ0) is 19.4. The molecule has 0 radical (unpaired) electrons. The molecule has 8 heteroatoms. The summed E-state index contributed by atoms with van der Waals surface area (Å²) >= 11 is 0. The molecule has 8 nitrogen and oxygen atoms in total. The number of nitrogens with one attached hydrogen (secondary N) is 1. The van der Waals surface area contributed by atoms with E-state index in [2.05, 4.69) is 5.32 Å². The molecule has 1 unspecified atom stereocenters. The van der Waals surface area contributed by atoms with Crippen LogP contribution in [0.15, 0.2) is 46.7 Å². The number of nitrogens with zero attached hydrogens (tertiary/aromatic N) is 1. The Bertz CT molecular complexity index is 825. The van der Waals surface area contributed by atoms with Gasteiger partial charge in [0, 0.05) is 36.9 Å². The summed E-state index contributed by atoms with van der Waals surface area (Å²) in [6, 6.07) is 5.85. The third-order valence-corrected chi connectivity index (χ3v) is 4.33. The van der Waals surface area contributed by atoms with Crippen LogP contribution in [0.5, 0.6) is 0 Å². The Balaban J connectivity index is 2.76. The first kappa shape index (κ1) is 19.2. The molecule has 0 heterocycles. The minimum absolute atomic E-state index is 0.134. The van der Waals surface area contributed by atoms with Gasteiger partial charge in [0.1, 0.15) is 0 Å². The number of hydrogen-bond donors (Lipinski definition) is 1. The molecule has 1 aromatic rings. The number of ether oxygens (including phenoxy) is 2. The van der Waals surface area contributed by atoms with Crippen molar-refractivity contribution in [2.24, 2.45) is 0 Å². The van der Waals surface area contributed by atoms with E-state index >= 15 is 0 Å². The molecule has 0 aliphatic heterocycles. The van der Waals surface area contributed by atoms with E-state index in [1.165, 1.54) is 32.4 Å². The van der Waals surface area contributed by atoms with Gasteiger partial charge in [-0.05, 0) is 12.5 Å². The Morgan fingerprint density at radius 1 is 1.19 bits per heavy atom. The number of allylic oxidation sites excluding steroid dienone is 1. The average molecular weight is 360 g/mol. The molecule has 0 saturated heterocycles. The van der Waals surface area contributed by atoms with E-state index in [1.54, 1.807) is 20.0 Å². The third-order valence-electron chi connectivity index (χ3n) is 4.33. The van der Waals surface area contributed by atoms with Crippen LogP contribution in [0.2, 0.25) is 0 Å². The van der Waals surface area contributed by atoms with E-state index in [9.17, 15) is 19.7 Å². The van der Waals surface area contributed by atoms with Crippen molar-refractivity contribution in [3.8, 4) is 0 Å². The Morgan fingerprint density at radius 2 is 1.81 bits per heavy atom. The van der Waals surface area contributed by atoms with E-state index in [-0.39, 0.29) is 16.8 Å². The SMILES string of the molecule is CNC1=C(C(=O)OC)C(c2cccc([N+](=O)[O-])c2)C(C(=O)OC)=C(C)C1. The summed E-state index contributed by atoms with van der Waals surface area (Å²) in [5.74, 6) is -2.03. The van der Waals surface area contributed by atoms with Crippen LogP contribution in [0, 0.1) is 10.1 Å². The van der Waals surface area contributed by atoms with Crippen LogP contribution in [0.3, 0.4) is 0 Å². The summed E-state index contributed by atoms with van der Waals surface area (Å²) in [4.78, 5) is 35.5. The highest BCUT2D eigenvalue weighted by molar-refractivity contribution is 6.00. The van der Waals surface area contributed by atoms with Gasteiger partial charge in [-0.3, -0.25) is 10.1 Å². The summed E-state index contributed by atoms with van der Waals surface area (Å²) in [6.07, 6.45) is 0.344. The summed E-state index contributed by atoms with van der Waals surface area (Å²) in [5, 5.41) is 14.1. The molecule has 0 fully saturated rings. The molecule has 2 rings (SSSR count). The monoisotopic (exact) mass is 360 g/mol. The number of benzene rings is 1. The first-order valence-electron chi connectivity index (χ1n) is 7.87. The lowest BCUT2D eigenvalue weighted by Gasteiger charge is -2.30. The van der Waals surface area contributed by atoms with Gasteiger partial charge in [0.05, 0.1) is 30.6 Å². The Labute approximate surface area is 150 Å². The highest BCUT2D eigenvalue weighted by Gasteiger charge is 2.38. The van der Waals surface area contributed by atoms with Crippen molar-refractivity contribution in [3.63, 3.8) is 0 Å². The Morgan fingerprint density at radius 3 is 2.35 bits per heavy atom. The third kappa shape index (κ3) is 3.44. The van der Waals surface area contributed by atoms with E-state index in [0.717, 1.165) is 0 Å². The zero-order valence-corrected chi connectivity index (χ0v) is 15.0. The van der Waals surface area contributed by atoms with Gasteiger partial charge in [-0.15, -0.1) is 0 Å². The second kappa shape index (κ2) is 7.81. The predicted octanol–water partition coefficient (Wildman–Crippen LogP) is 2.22. The lowest BCUT2D eigenvalue weighted by molar-refractivity contribution is -0.384. The molecule has 1 aromatic carbocycles. The van der Waals surface area contributed by atoms with Crippen LogP contribution in [-0.2, 0) is 19.1 Å². The van der Waals surface area contributed by atoms with Crippen molar-refractivity contribution >= 4 is 17.6 Å². The van der Waals surface area contributed by atoms with Crippen molar-refractivity contribution in [2.45, 2.75) is 19.3 Å². The molecule has 1 atom stereocenters. The van der Waals surface area contributed by atoms with Gasteiger partial charge in [-0.25, -0.2) is 9.59 Å². The molecular weight excluding hydrogens is 340 g/mol. The number of carbonyl (C=O) groups is 2. The number of carbonyl (C=O) groups excluding carboxylic acids is 2. The van der Waals surface area contributed by atoms with Crippen LogP contribution >= 0.6 is 0 Å². The van der Waals surface area contributed by atoms with Crippen molar-refractivity contribution in [2.75, 3.05) is 21.3 Å². The number of esters is 2. The second-order valence-corrected chi connectivity index (χ2v) is 5.78. The molecule has 1 N–H and O–H groups in total. The lowest BCUT2D eigenvalue weighted by Crippen LogP contribution is -2.29. The van der Waals surface area contributed by atoms with Gasteiger partial charge < -0.3 is 14.8 Å². The van der Waals surface area contributed by atoms with Crippen molar-refractivity contribution in [3.05, 3.63) is 62.4 Å². The van der Waals surface area contributed by atoms with E-state index in [4.69, 9.17) is 9.47 Å². The van der Waals surface area contributed by atoms with Gasteiger partial charge in [-0.1, -0.05) is 17.7 Å². The van der Waals surface area contributed by atoms with Gasteiger partial charge in [0.25, 0.3) is 5.69 Å². The Kier molecular flexibility index (Phi) is 5.76. The second-order valence-electron chi connectivity index (χ2n) is 5.78. The molecule has 0 spiro atoms. The van der Waals surface area contributed by atoms with Crippen LogP contribution in [0.4, 0.5) is 5.69 Å². The fourth-order valence-corrected chi connectivity index (χ4v) is 3.15. The molecule has 138 valence electrons. The van der Waals surface area contributed by atoms with E-state index in [1.807, 2.05) is 0 Å². The van der Waals surface area contributed by atoms with Crippen molar-refractivity contribution < 1.29 is 24.0 Å². The molecule has 1 aliphatic carbocycles. The molecule has 0 bridgehead atoms. The summed E-state index contributed by atoms with van der Waals surface area (Å²) in [5.41, 5.74) is 2.13. The summed E-state index contributed by atoms with van der Waals surface area (Å²) in [6.45, 7) is 1.77. The van der Waals surface area contributed by atoms with Crippen molar-refractivity contribution in [1.82, 2.24) is 5.32 Å². The quantitative estimate of drug-likeness (QED) is 0.487. The van der Waals surface area contributed by atoms with Crippen molar-refractivity contribution in [1.29, 1.82) is 0 Å². The first-order chi connectivity index (χ1) is 12.3. The number of non-ortho nitro benzene ring substituents is 1. The van der Waals surface area contributed by atoms with Gasteiger partial charge >= 0.3 is 11.9 Å². The molecule has 0 aromatic heterocycles. The van der Waals surface area contributed by atoms with E-state index in [0.29, 0.717) is 23.3 Å². The first-order valence-corrected chi connectivity index (χ1v) is 7.87. The molecule has 1 aliphatic rings. The summed E-state index contributed by atoms with van der Waals surface area (Å²) < 4.78 is 9.80. The number of hydrogen-bond acceptors (Lipinski definition) is 7. The number of nitro benzene ring substituents is 1. The highest BCUT2D eigenvalue weighted by atomic mass is 16.6. The fraction of sp³-hybridized carbons (Fsp3) is 0.333. The number of methoxy groups -OCH3 is 2. The van der Waals surface area contributed by atoms with Crippen LogP contribution in [0.1, 0.15) is 24.8 Å². The van der Waals surface area contributed by atoms with Crippen LogP contribution < -0.4 is 5.32 Å². The fourth-order valence-electron chi connectivity index (χ4n) is 3.15. The maximum Gasteiger partial charge on any atom is 0.336 e. The average Bonchev–Trinajstić information content (AvgIpc) is 2.65.